The molecule has 1 atom stereocenters. The van der Waals surface area contributed by atoms with Gasteiger partial charge in [-0.15, -0.1) is 0 Å². The summed E-state index contributed by atoms with van der Waals surface area (Å²) in [5.74, 6) is -0.954. The third-order valence-electron chi connectivity index (χ3n) is 2.98. The average molecular weight is 371 g/mol. The van der Waals surface area contributed by atoms with Gasteiger partial charge in [0.2, 0.25) is 5.91 Å². The third-order valence-corrected chi connectivity index (χ3v) is 3.21. The lowest BCUT2D eigenvalue weighted by Crippen LogP contribution is -2.41. The maximum atomic E-state index is 12.1. The van der Waals surface area contributed by atoms with Crippen LogP contribution in [0.15, 0.2) is 24.3 Å². The van der Waals surface area contributed by atoms with E-state index in [1.54, 1.807) is 45.0 Å². The van der Waals surface area contributed by atoms with E-state index in [0.717, 1.165) is 0 Å². The SMILES string of the molecule is COC(=O)C[C@H](NC(=O)CNC(=O)OC(C)(C)C)c1cccc(Cl)c1. The Hall–Kier alpha value is -2.28. The molecule has 0 heterocycles. The standard InChI is InChI=1S/C17H23ClN2O5/c1-17(2,3)25-16(23)19-10-14(21)20-13(9-15(22)24-4)11-6-5-7-12(18)8-11/h5-8,13H,9-10H2,1-4H3,(H,19,23)(H,20,21)/t13-/m0/s1. The van der Waals surface area contributed by atoms with Gasteiger partial charge in [0.25, 0.3) is 0 Å². The molecule has 1 rings (SSSR count). The molecule has 138 valence electrons. The first-order valence-electron chi connectivity index (χ1n) is 7.69. The van der Waals surface area contributed by atoms with E-state index in [-0.39, 0.29) is 13.0 Å². The predicted molar refractivity (Wildman–Crippen MR) is 93.2 cm³/mol. The molecule has 7 nitrogen and oxygen atoms in total. The Kier molecular flexibility index (Phi) is 7.70. The molecule has 1 aromatic rings. The second-order valence-electron chi connectivity index (χ2n) is 6.31. The topological polar surface area (TPSA) is 93.7 Å². The van der Waals surface area contributed by atoms with Crippen molar-refractivity contribution < 1.29 is 23.9 Å². The summed E-state index contributed by atoms with van der Waals surface area (Å²) in [4.78, 5) is 35.3. The molecule has 0 unspecified atom stereocenters. The number of rotatable bonds is 6. The first-order chi connectivity index (χ1) is 11.6. The van der Waals surface area contributed by atoms with Crippen LogP contribution in [-0.4, -0.2) is 37.2 Å². The van der Waals surface area contributed by atoms with E-state index in [9.17, 15) is 14.4 Å². The van der Waals surface area contributed by atoms with Crippen LogP contribution in [0.5, 0.6) is 0 Å². The number of methoxy groups -OCH3 is 1. The lowest BCUT2D eigenvalue weighted by atomic mass is 10.0. The maximum Gasteiger partial charge on any atom is 0.408 e. The first-order valence-corrected chi connectivity index (χ1v) is 8.07. The van der Waals surface area contributed by atoms with Crippen molar-refractivity contribution in [1.82, 2.24) is 10.6 Å². The van der Waals surface area contributed by atoms with E-state index in [4.69, 9.17) is 16.3 Å². The Morgan fingerprint density at radius 3 is 2.48 bits per heavy atom. The number of ether oxygens (including phenoxy) is 2. The molecule has 0 aliphatic rings. The molecule has 0 aromatic heterocycles. The minimum absolute atomic E-state index is 0.0605. The summed E-state index contributed by atoms with van der Waals surface area (Å²) in [6.07, 6.45) is -0.760. The van der Waals surface area contributed by atoms with Gasteiger partial charge < -0.3 is 20.1 Å². The summed E-state index contributed by atoms with van der Waals surface area (Å²) in [5, 5.41) is 5.51. The Bertz CT molecular complexity index is 628. The highest BCUT2D eigenvalue weighted by atomic mass is 35.5. The van der Waals surface area contributed by atoms with Crippen LogP contribution in [0.4, 0.5) is 4.79 Å². The largest absolute Gasteiger partial charge is 0.469 e. The summed E-state index contributed by atoms with van der Waals surface area (Å²) in [7, 11) is 1.27. The molecule has 0 aliphatic carbocycles. The molecular weight excluding hydrogens is 348 g/mol. The van der Waals surface area contributed by atoms with E-state index in [1.165, 1.54) is 7.11 Å². The Labute approximate surface area is 152 Å². The molecule has 8 heteroatoms. The van der Waals surface area contributed by atoms with Crippen molar-refractivity contribution in [3.8, 4) is 0 Å². The van der Waals surface area contributed by atoms with Gasteiger partial charge in [-0.1, -0.05) is 23.7 Å². The van der Waals surface area contributed by atoms with Gasteiger partial charge in [0, 0.05) is 5.02 Å². The number of benzene rings is 1. The maximum absolute atomic E-state index is 12.1. The highest BCUT2D eigenvalue weighted by molar-refractivity contribution is 6.30. The normalized spacial score (nSPS) is 12.0. The minimum atomic E-state index is -0.699. The third kappa shape index (κ3) is 8.39. The number of hydrogen-bond donors (Lipinski definition) is 2. The Balaban J connectivity index is 2.69. The average Bonchev–Trinajstić information content (AvgIpc) is 2.50. The number of nitrogens with one attached hydrogen (secondary N) is 2. The van der Waals surface area contributed by atoms with Crippen LogP contribution in [0.3, 0.4) is 0 Å². The van der Waals surface area contributed by atoms with Crippen LogP contribution < -0.4 is 10.6 Å². The quantitative estimate of drug-likeness (QED) is 0.750. The number of alkyl carbamates (subject to hydrolysis) is 1. The minimum Gasteiger partial charge on any atom is -0.469 e. The van der Waals surface area contributed by atoms with Gasteiger partial charge in [0.05, 0.1) is 19.6 Å². The smallest absolute Gasteiger partial charge is 0.408 e. The summed E-state index contributed by atoms with van der Waals surface area (Å²) in [6, 6.07) is 6.16. The number of amides is 2. The van der Waals surface area contributed by atoms with E-state index in [2.05, 4.69) is 15.4 Å². The summed E-state index contributed by atoms with van der Waals surface area (Å²) in [6.45, 7) is 4.88. The second kappa shape index (κ2) is 9.27. The molecule has 1 aromatic carbocycles. The highest BCUT2D eigenvalue weighted by Crippen LogP contribution is 2.21. The molecule has 0 fully saturated rings. The number of esters is 1. The molecule has 0 saturated carbocycles. The zero-order valence-electron chi connectivity index (χ0n) is 14.7. The van der Waals surface area contributed by atoms with Crippen LogP contribution >= 0.6 is 11.6 Å². The van der Waals surface area contributed by atoms with Gasteiger partial charge in [-0.2, -0.15) is 0 Å². The van der Waals surface area contributed by atoms with Crippen LogP contribution in [0.25, 0.3) is 0 Å². The van der Waals surface area contributed by atoms with Gasteiger partial charge >= 0.3 is 12.1 Å². The molecule has 2 N–H and O–H groups in total. The predicted octanol–water partition coefficient (Wildman–Crippen LogP) is 2.59. The van der Waals surface area contributed by atoms with Crippen LogP contribution in [0.1, 0.15) is 38.8 Å². The lowest BCUT2D eigenvalue weighted by molar-refractivity contribution is -0.141. The molecule has 2 amide bonds. The van der Waals surface area contributed by atoms with Gasteiger partial charge in [0.15, 0.2) is 0 Å². The number of carbonyl (C=O) groups excluding carboxylic acids is 3. The van der Waals surface area contributed by atoms with E-state index in [0.29, 0.717) is 10.6 Å². The van der Waals surface area contributed by atoms with Crippen LogP contribution in [0.2, 0.25) is 5.02 Å². The fourth-order valence-electron chi connectivity index (χ4n) is 1.94. The molecule has 0 saturated heterocycles. The van der Waals surface area contributed by atoms with Crippen molar-refractivity contribution >= 4 is 29.6 Å². The molecule has 0 radical (unpaired) electrons. The second-order valence-corrected chi connectivity index (χ2v) is 6.75. The summed E-state index contributed by atoms with van der Waals surface area (Å²) >= 11 is 5.96. The van der Waals surface area contributed by atoms with E-state index >= 15 is 0 Å². The van der Waals surface area contributed by atoms with Crippen LogP contribution in [-0.2, 0) is 19.1 Å². The highest BCUT2D eigenvalue weighted by Gasteiger charge is 2.21. The fourth-order valence-corrected chi connectivity index (χ4v) is 2.14. The van der Waals surface area contributed by atoms with Crippen molar-refractivity contribution in [2.24, 2.45) is 0 Å². The molecule has 0 spiro atoms. The molecule has 0 bridgehead atoms. The first kappa shape index (κ1) is 20.8. The van der Waals surface area contributed by atoms with Crippen molar-refractivity contribution in [3.05, 3.63) is 34.9 Å². The van der Waals surface area contributed by atoms with Gasteiger partial charge in [-0.25, -0.2) is 4.79 Å². The number of hydrogen-bond acceptors (Lipinski definition) is 5. The van der Waals surface area contributed by atoms with Gasteiger partial charge in [0.1, 0.15) is 12.1 Å². The molecule has 0 aliphatic heterocycles. The zero-order valence-corrected chi connectivity index (χ0v) is 15.5. The van der Waals surface area contributed by atoms with Gasteiger partial charge in [-0.3, -0.25) is 9.59 Å². The van der Waals surface area contributed by atoms with Crippen LogP contribution in [0, 0.1) is 0 Å². The Morgan fingerprint density at radius 2 is 1.92 bits per heavy atom. The van der Waals surface area contributed by atoms with Crippen molar-refractivity contribution in [2.45, 2.75) is 38.8 Å². The monoisotopic (exact) mass is 370 g/mol. The van der Waals surface area contributed by atoms with E-state index in [1.807, 2.05) is 0 Å². The summed E-state index contributed by atoms with van der Waals surface area (Å²) in [5.41, 5.74) is -0.00193. The summed E-state index contributed by atoms with van der Waals surface area (Å²) < 4.78 is 9.71. The number of carbonyl (C=O) groups is 3. The Morgan fingerprint density at radius 1 is 1.24 bits per heavy atom. The van der Waals surface area contributed by atoms with Crippen molar-refractivity contribution in [2.75, 3.05) is 13.7 Å². The van der Waals surface area contributed by atoms with E-state index < -0.39 is 29.6 Å². The number of halogens is 1. The molecular formula is C17H23ClN2O5. The zero-order chi connectivity index (χ0) is 19.0. The molecule has 25 heavy (non-hydrogen) atoms. The fraction of sp³-hybridized carbons (Fsp3) is 0.471. The van der Waals surface area contributed by atoms with Crippen molar-refractivity contribution in [3.63, 3.8) is 0 Å². The van der Waals surface area contributed by atoms with Crippen molar-refractivity contribution in [1.29, 1.82) is 0 Å². The lowest BCUT2D eigenvalue weighted by Gasteiger charge is -2.21. The van der Waals surface area contributed by atoms with Gasteiger partial charge in [-0.05, 0) is 38.5 Å².